The third-order valence-electron chi connectivity index (χ3n) is 4.39. The Morgan fingerprint density at radius 2 is 1.69 bits per heavy atom. The number of anilines is 2. The van der Waals surface area contributed by atoms with Crippen molar-refractivity contribution in [2.75, 3.05) is 11.6 Å². The van der Waals surface area contributed by atoms with Crippen LogP contribution in [0, 0.1) is 6.92 Å². The number of benzene rings is 2. The molecule has 0 aliphatic carbocycles. The van der Waals surface area contributed by atoms with E-state index in [0.29, 0.717) is 11.6 Å². The second-order valence-electron chi connectivity index (χ2n) is 6.60. The second kappa shape index (κ2) is 7.48. The van der Waals surface area contributed by atoms with Crippen LogP contribution in [-0.2, 0) is 9.84 Å². The van der Waals surface area contributed by atoms with E-state index in [-0.39, 0.29) is 4.90 Å². The number of aryl methyl sites for hydroxylation is 1. The van der Waals surface area contributed by atoms with Crippen LogP contribution in [0.4, 0.5) is 11.6 Å². The lowest BCUT2D eigenvalue weighted by Crippen LogP contribution is -2.00. The molecule has 146 valence electrons. The van der Waals surface area contributed by atoms with E-state index in [0.717, 1.165) is 22.6 Å². The standard InChI is InChI=1S/C21H19N5O2S/c1-15-19(14-26(25-15)17-6-4-3-5-7-17)20-12-13-22-21(24-20)23-16-8-10-18(11-9-16)29(2,27)28/h3-14H,1-2H3,(H,22,23,24). The molecular formula is C21H19N5O2S. The first kappa shape index (κ1) is 18.8. The van der Waals surface area contributed by atoms with Crippen molar-refractivity contribution in [3.05, 3.63) is 78.8 Å². The molecule has 0 aliphatic rings. The third kappa shape index (κ3) is 4.17. The zero-order valence-electron chi connectivity index (χ0n) is 15.9. The maximum atomic E-state index is 11.6. The van der Waals surface area contributed by atoms with Crippen molar-refractivity contribution in [3.63, 3.8) is 0 Å². The molecule has 2 aromatic carbocycles. The van der Waals surface area contributed by atoms with Crippen LogP contribution in [-0.4, -0.2) is 34.4 Å². The number of rotatable bonds is 5. The van der Waals surface area contributed by atoms with Crippen molar-refractivity contribution in [2.24, 2.45) is 0 Å². The maximum absolute atomic E-state index is 11.6. The third-order valence-corrected chi connectivity index (χ3v) is 5.52. The highest BCUT2D eigenvalue weighted by atomic mass is 32.2. The van der Waals surface area contributed by atoms with Crippen molar-refractivity contribution in [3.8, 4) is 16.9 Å². The van der Waals surface area contributed by atoms with Gasteiger partial charge in [-0.15, -0.1) is 0 Å². The van der Waals surface area contributed by atoms with Crippen molar-refractivity contribution in [1.82, 2.24) is 19.7 Å². The van der Waals surface area contributed by atoms with Gasteiger partial charge in [-0.2, -0.15) is 5.10 Å². The Labute approximate surface area is 169 Å². The van der Waals surface area contributed by atoms with Gasteiger partial charge in [0, 0.05) is 29.9 Å². The SMILES string of the molecule is Cc1nn(-c2ccccc2)cc1-c1ccnc(Nc2ccc(S(C)(=O)=O)cc2)n1. The Morgan fingerprint density at radius 3 is 2.38 bits per heavy atom. The van der Waals surface area contributed by atoms with Crippen LogP contribution in [0.25, 0.3) is 16.9 Å². The first-order valence-corrected chi connectivity index (χ1v) is 10.8. The molecule has 0 unspecified atom stereocenters. The Bertz CT molecular complexity index is 1250. The van der Waals surface area contributed by atoms with Crippen molar-refractivity contribution >= 4 is 21.5 Å². The quantitative estimate of drug-likeness (QED) is 0.543. The molecule has 0 saturated heterocycles. The summed E-state index contributed by atoms with van der Waals surface area (Å²) < 4.78 is 25.0. The van der Waals surface area contributed by atoms with Gasteiger partial charge in [0.1, 0.15) is 0 Å². The fraction of sp³-hybridized carbons (Fsp3) is 0.0952. The summed E-state index contributed by atoms with van der Waals surface area (Å²) in [5.41, 5.74) is 4.18. The predicted octanol–water partition coefficient (Wildman–Crippen LogP) is 3.78. The van der Waals surface area contributed by atoms with E-state index in [4.69, 9.17) is 0 Å². The molecule has 0 amide bonds. The smallest absolute Gasteiger partial charge is 0.227 e. The van der Waals surface area contributed by atoms with Crippen LogP contribution in [0.2, 0.25) is 0 Å². The minimum Gasteiger partial charge on any atom is -0.324 e. The predicted molar refractivity (Wildman–Crippen MR) is 112 cm³/mol. The van der Waals surface area contributed by atoms with Gasteiger partial charge in [0.25, 0.3) is 0 Å². The fourth-order valence-electron chi connectivity index (χ4n) is 2.91. The number of aromatic nitrogens is 4. The van der Waals surface area contributed by atoms with E-state index >= 15 is 0 Å². The van der Waals surface area contributed by atoms with Crippen LogP contribution >= 0.6 is 0 Å². The minimum atomic E-state index is -3.23. The second-order valence-corrected chi connectivity index (χ2v) is 8.61. The Morgan fingerprint density at radius 1 is 0.966 bits per heavy atom. The molecule has 2 aromatic heterocycles. The summed E-state index contributed by atoms with van der Waals surface area (Å²) in [7, 11) is -3.23. The number of sulfone groups is 1. The van der Waals surface area contributed by atoms with E-state index in [9.17, 15) is 8.42 Å². The van der Waals surface area contributed by atoms with Gasteiger partial charge < -0.3 is 5.32 Å². The van der Waals surface area contributed by atoms with E-state index in [2.05, 4.69) is 20.4 Å². The molecule has 8 heteroatoms. The molecule has 7 nitrogen and oxygen atoms in total. The Hall–Kier alpha value is -3.52. The number of nitrogens with zero attached hydrogens (tertiary/aromatic N) is 4. The van der Waals surface area contributed by atoms with E-state index in [1.54, 1.807) is 30.5 Å². The highest BCUT2D eigenvalue weighted by Gasteiger charge is 2.11. The molecular weight excluding hydrogens is 386 g/mol. The number of hydrogen-bond donors (Lipinski definition) is 1. The van der Waals surface area contributed by atoms with Crippen LogP contribution in [0.15, 0.2) is 78.0 Å². The molecule has 4 rings (SSSR count). The number of hydrogen-bond acceptors (Lipinski definition) is 6. The molecule has 0 spiro atoms. The highest BCUT2D eigenvalue weighted by molar-refractivity contribution is 7.90. The molecule has 1 N–H and O–H groups in total. The van der Waals surface area contributed by atoms with E-state index in [1.165, 1.54) is 6.26 Å². The summed E-state index contributed by atoms with van der Waals surface area (Å²) in [4.78, 5) is 9.11. The summed E-state index contributed by atoms with van der Waals surface area (Å²) in [5, 5.41) is 7.69. The molecule has 2 heterocycles. The van der Waals surface area contributed by atoms with Crippen molar-refractivity contribution in [1.29, 1.82) is 0 Å². The Balaban J connectivity index is 1.60. The maximum Gasteiger partial charge on any atom is 0.227 e. The monoisotopic (exact) mass is 405 g/mol. The van der Waals surface area contributed by atoms with Crippen molar-refractivity contribution < 1.29 is 8.42 Å². The molecule has 0 radical (unpaired) electrons. The van der Waals surface area contributed by atoms with E-state index < -0.39 is 9.84 Å². The van der Waals surface area contributed by atoms with E-state index in [1.807, 2.05) is 54.2 Å². The number of nitrogens with one attached hydrogen (secondary N) is 1. The average molecular weight is 405 g/mol. The van der Waals surface area contributed by atoms with Gasteiger partial charge in [-0.25, -0.2) is 23.1 Å². The lowest BCUT2D eigenvalue weighted by atomic mass is 10.2. The molecule has 0 bridgehead atoms. The van der Waals surface area contributed by atoms with Gasteiger partial charge >= 0.3 is 0 Å². The largest absolute Gasteiger partial charge is 0.324 e. The molecule has 0 aliphatic heterocycles. The lowest BCUT2D eigenvalue weighted by Gasteiger charge is -2.07. The molecule has 0 fully saturated rings. The van der Waals surface area contributed by atoms with Gasteiger partial charge in [0.05, 0.1) is 22.0 Å². The average Bonchev–Trinajstić information content (AvgIpc) is 3.10. The topological polar surface area (TPSA) is 89.8 Å². The molecule has 0 saturated carbocycles. The van der Waals surface area contributed by atoms with Gasteiger partial charge in [0.15, 0.2) is 9.84 Å². The lowest BCUT2D eigenvalue weighted by molar-refractivity contribution is 0.602. The molecule has 4 aromatic rings. The zero-order chi connectivity index (χ0) is 20.4. The first-order valence-electron chi connectivity index (χ1n) is 8.92. The van der Waals surface area contributed by atoms with Crippen LogP contribution in [0.3, 0.4) is 0 Å². The van der Waals surface area contributed by atoms with Gasteiger partial charge in [-0.3, -0.25) is 0 Å². The summed E-state index contributed by atoms with van der Waals surface area (Å²) in [6.07, 6.45) is 4.80. The summed E-state index contributed by atoms with van der Waals surface area (Å²) in [6.45, 7) is 1.94. The van der Waals surface area contributed by atoms with Gasteiger partial charge in [-0.05, 0) is 49.4 Å². The normalized spacial score (nSPS) is 11.4. The van der Waals surface area contributed by atoms with Gasteiger partial charge in [0.2, 0.25) is 5.95 Å². The van der Waals surface area contributed by atoms with Crippen LogP contribution in [0.1, 0.15) is 5.69 Å². The summed E-state index contributed by atoms with van der Waals surface area (Å²) >= 11 is 0. The minimum absolute atomic E-state index is 0.265. The van der Waals surface area contributed by atoms with Crippen LogP contribution < -0.4 is 5.32 Å². The summed E-state index contributed by atoms with van der Waals surface area (Å²) in [5.74, 6) is 0.418. The Kier molecular flexibility index (Phi) is 4.85. The molecule has 29 heavy (non-hydrogen) atoms. The number of para-hydroxylation sites is 1. The first-order chi connectivity index (χ1) is 13.9. The zero-order valence-corrected chi connectivity index (χ0v) is 16.8. The highest BCUT2D eigenvalue weighted by Crippen LogP contribution is 2.24. The van der Waals surface area contributed by atoms with Gasteiger partial charge in [-0.1, -0.05) is 18.2 Å². The molecule has 0 atom stereocenters. The summed E-state index contributed by atoms with van der Waals surface area (Å²) in [6, 6.07) is 18.2. The fourth-order valence-corrected chi connectivity index (χ4v) is 3.54. The van der Waals surface area contributed by atoms with Crippen LogP contribution in [0.5, 0.6) is 0 Å². The van der Waals surface area contributed by atoms with Crippen molar-refractivity contribution in [2.45, 2.75) is 11.8 Å².